The molecule has 14 heavy (non-hydrogen) atoms. The van der Waals surface area contributed by atoms with Gasteiger partial charge >= 0.3 is 0 Å². The largest absolute Gasteiger partial charge is 0.269 e. The third-order valence-electron chi connectivity index (χ3n) is 2.96. The van der Waals surface area contributed by atoms with Gasteiger partial charge < -0.3 is 0 Å². The number of rotatable bonds is 3. The second-order valence-corrected chi connectivity index (χ2v) is 4.40. The predicted octanol–water partition coefficient (Wildman–Crippen LogP) is 3.17. The number of hydrogen-bond acceptors (Lipinski definition) is 1. The van der Waals surface area contributed by atoms with Gasteiger partial charge in [-0.1, -0.05) is 19.3 Å². The SMILES string of the molecule is ClCCc1ccn(C2CCCCC2)n1. The fourth-order valence-corrected chi connectivity index (χ4v) is 2.35. The van der Waals surface area contributed by atoms with Gasteiger partial charge in [-0.25, -0.2) is 0 Å². The van der Waals surface area contributed by atoms with Crippen molar-refractivity contribution in [2.75, 3.05) is 5.88 Å². The highest BCUT2D eigenvalue weighted by Gasteiger charge is 2.15. The minimum Gasteiger partial charge on any atom is -0.269 e. The van der Waals surface area contributed by atoms with Crippen LogP contribution < -0.4 is 0 Å². The van der Waals surface area contributed by atoms with Crippen LogP contribution in [0.25, 0.3) is 0 Å². The molecule has 1 aliphatic rings. The Morgan fingerprint density at radius 2 is 2.14 bits per heavy atom. The van der Waals surface area contributed by atoms with Crippen LogP contribution in [0.2, 0.25) is 0 Å². The Labute approximate surface area is 90.3 Å². The highest BCUT2D eigenvalue weighted by Crippen LogP contribution is 2.27. The van der Waals surface area contributed by atoms with Gasteiger partial charge in [-0.2, -0.15) is 5.10 Å². The van der Waals surface area contributed by atoms with E-state index in [1.165, 1.54) is 32.1 Å². The fourth-order valence-electron chi connectivity index (χ4n) is 2.16. The molecular weight excluding hydrogens is 196 g/mol. The zero-order valence-electron chi connectivity index (χ0n) is 8.45. The lowest BCUT2D eigenvalue weighted by Crippen LogP contribution is -2.13. The fraction of sp³-hybridized carbons (Fsp3) is 0.727. The van der Waals surface area contributed by atoms with Crippen molar-refractivity contribution in [1.29, 1.82) is 0 Å². The first-order valence-corrected chi connectivity index (χ1v) is 6.03. The molecule has 0 radical (unpaired) electrons. The minimum absolute atomic E-state index is 0.646. The number of halogens is 1. The van der Waals surface area contributed by atoms with E-state index in [2.05, 4.69) is 22.0 Å². The Morgan fingerprint density at radius 1 is 1.36 bits per heavy atom. The molecule has 3 heteroatoms. The summed E-state index contributed by atoms with van der Waals surface area (Å²) in [5.74, 6) is 0.668. The summed E-state index contributed by atoms with van der Waals surface area (Å²) in [4.78, 5) is 0. The third kappa shape index (κ3) is 2.30. The van der Waals surface area contributed by atoms with Crippen molar-refractivity contribution >= 4 is 11.6 Å². The molecule has 0 N–H and O–H groups in total. The van der Waals surface area contributed by atoms with E-state index in [0.717, 1.165) is 12.1 Å². The lowest BCUT2D eigenvalue weighted by Gasteiger charge is -2.21. The Morgan fingerprint density at radius 3 is 2.86 bits per heavy atom. The van der Waals surface area contributed by atoms with Crippen LogP contribution in [0.5, 0.6) is 0 Å². The van der Waals surface area contributed by atoms with Crippen LogP contribution in [0, 0.1) is 0 Å². The normalized spacial score (nSPS) is 18.6. The van der Waals surface area contributed by atoms with E-state index in [1.807, 2.05) is 0 Å². The van der Waals surface area contributed by atoms with Gasteiger partial charge in [0.1, 0.15) is 0 Å². The van der Waals surface area contributed by atoms with Crippen LogP contribution in [0.4, 0.5) is 0 Å². The number of aromatic nitrogens is 2. The maximum Gasteiger partial charge on any atom is 0.0636 e. The minimum atomic E-state index is 0.646. The van der Waals surface area contributed by atoms with Crippen molar-refractivity contribution in [2.45, 2.75) is 44.6 Å². The van der Waals surface area contributed by atoms with E-state index in [-0.39, 0.29) is 0 Å². The van der Waals surface area contributed by atoms with E-state index in [0.29, 0.717) is 11.9 Å². The van der Waals surface area contributed by atoms with Gasteiger partial charge in [0.15, 0.2) is 0 Å². The summed E-state index contributed by atoms with van der Waals surface area (Å²) >= 11 is 5.68. The molecule has 0 aliphatic heterocycles. The van der Waals surface area contributed by atoms with E-state index >= 15 is 0 Å². The standard InChI is InChI=1S/C11H17ClN2/c12-8-6-10-7-9-14(13-10)11-4-2-1-3-5-11/h7,9,11H,1-6,8H2. The van der Waals surface area contributed by atoms with Crippen molar-refractivity contribution in [1.82, 2.24) is 9.78 Å². The zero-order chi connectivity index (χ0) is 9.80. The smallest absolute Gasteiger partial charge is 0.0636 e. The topological polar surface area (TPSA) is 17.8 Å². The molecule has 78 valence electrons. The molecule has 0 aromatic carbocycles. The molecule has 0 saturated heterocycles. The number of hydrogen-bond donors (Lipinski definition) is 0. The molecule has 2 rings (SSSR count). The molecule has 2 nitrogen and oxygen atoms in total. The second-order valence-electron chi connectivity index (χ2n) is 4.02. The molecule has 1 heterocycles. The zero-order valence-corrected chi connectivity index (χ0v) is 9.21. The average Bonchev–Trinajstić information content (AvgIpc) is 2.68. The Hall–Kier alpha value is -0.500. The summed E-state index contributed by atoms with van der Waals surface area (Å²) in [7, 11) is 0. The van der Waals surface area contributed by atoms with Gasteiger partial charge in [-0.15, -0.1) is 11.6 Å². The maximum atomic E-state index is 5.68. The first-order valence-electron chi connectivity index (χ1n) is 5.50. The van der Waals surface area contributed by atoms with Gasteiger partial charge in [-0.05, 0) is 18.9 Å². The maximum absolute atomic E-state index is 5.68. The van der Waals surface area contributed by atoms with Gasteiger partial charge in [-0.3, -0.25) is 4.68 Å². The molecule has 0 bridgehead atoms. The van der Waals surface area contributed by atoms with Crippen LogP contribution in [-0.4, -0.2) is 15.7 Å². The Kier molecular flexibility index (Phi) is 3.46. The van der Waals surface area contributed by atoms with Crippen LogP contribution in [0.15, 0.2) is 12.3 Å². The van der Waals surface area contributed by atoms with Crippen molar-refractivity contribution in [3.05, 3.63) is 18.0 Å². The third-order valence-corrected chi connectivity index (χ3v) is 3.15. The van der Waals surface area contributed by atoms with Crippen molar-refractivity contribution in [3.8, 4) is 0 Å². The van der Waals surface area contributed by atoms with Crippen LogP contribution in [-0.2, 0) is 6.42 Å². The number of alkyl halides is 1. The molecule has 0 unspecified atom stereocenters. The predicted molar refractivity (Wildman–Crippen MR) is 58.8 cm³/mol. The highest BCUT2D eigenvalue weighted by atomic mass is 35.5. The van der Waals surface area contributed by atoms with E-state index < -0.39 is 0 Å². The van der Waals surface area contributed by atoms with Crippen molar-refractivity contribution in [2.24, 2.45) is 0 Å². The summed E-state index contributed by atoms with van der Waals surface area (Å²) in [5, 5.41) is 4.56. The number of aryl methyl sites for hydroxylation is 1. The van der Waals surface area contributed by atoms with E-state index in [1.54, 1.807) is 0 Å². The summed E-state index contributed by atoms with van der Waals surface area (Å²) in [6, 6.07) is 2.74. The molecule has 1 fully saturated rings. The van der Waals surface area contributed by atoms with Gasteiger partial charge in [0.25, 0.3) is 0 Å². The summed E-state index contributed by atoms with van der Waals surface area (Å²) in [6.45, 7) is 0. The van der Waals surface area contributed by atoms with E-state index in [9.17, 15) is 0 Å². The van der Waals surface area contributed by atoms with Gasteiger partial charge in [0.05, 0.1) is 11.7 Å². The first kappa shape index (κ1) is 10.0. The monoisotopic (exact) mass is 212 g/mol. The molecule has 0 spiro atoms. The van der Waals surface area contributed by atoms with Crippen LogP contribution in [0.3, 0.4) is 0 Å². The molecule has 0 amide bonds. The number of nitrogens with zero attached hydrogens (tertiary/aromatic N) is 2. The molecule has 1 saturated carbocycles. The van der Waals surface area contributed by atoms with Crippen molar-refractivity contribution < 1.29 is 0 Å². The summed E-state index contributed by atoms with van der Waals surface area (Å²) in [6.07, 6.45) is 9.69. The first-order chi connectivity index (χ1) is 6.90. The Balaban J connectivity index is 2.00. The lowest BCUT2D eigenvalue weighted by atomic mass is 9.96. The average molecular weight is 213 g/mol. The highest BCUT2D eigenvalue weighted by molar-refractivity contribution is 6.17. The Bertz CT molecular complexity index is 277. The van der Waals surface area contributed by atoms with Crippen molar-refractivity contribution in [3.63, 3.8) is 0 Å². The molecule has 1 aromatic rings. The molecule has 1 aliphatic carbocycles. The van der Waals surface area contributed by atoms with Gasteiger partial charge in [0, 0.05) is 18.5 Å². The van der Waals surface area contributed by atoms with Gasteiger partial charge in [0.2, 0.25) is 0 Å². The van der Waals surface area contributed by atoms with E-state index in [4.69, 9.17) is 11.6 Å². The molecule has 0 atom stereocenters. The van der Waals surface area contributed by atoms with Crippen LogP contribution in [0.1, 0.15) is 43.8 Å². The quantitative estimate of drug-likeness (QED) is 0.704. The molecule has 1 aromatic heterocycles. The lowest BCUT2D eigenvalue weighted by molar-refractivity contribution is 0.328. The molecular formula is C11H17ClN2. The van der Waals surface area contributed by atoms with Crippen LogP contribution >= 0.6 is 11.6 Å². The summed E-state index contributed by atoms with van der Waals surface area (Å²) in [5.41, 5.74) is 1.13. The second kappa shape index (κ2) is 4.83. The summed E-state index contributed by atoms with van der Waals surface area (Å²) < 4.78 is 2.14.